The van der Waals surface area contributed by atoms with Crippen LogP contribution < -0.4 is 15.0 Å². The summed E-state index contributed by atoms with van der Waals surface area (Å²) >= 11 is 4.68. The molecule has 0 atom stereocenters. The van der Waals surface area contributed by atoms with Crippen molar-refractivity contribution in [3.05, 3.63) is 56.8 Å². The van der Waals surface area contributed by atoms with Crippen molar-refractivity contribution >= 4 is 44.4 Å². The van der Waals surface area contributed by atoms with E-state index in [-0.39, 0.29) is 23.9 Å². The number of thioether (sulfide) groups is 1. The van der Waals surface area contributed by atoms with Crippen LogP contribution >= 0.6 is 27.7 Å². The predicted octanol–water partition coefficient (Wildman–Crippen LogP) is 4.27. The van der Waals surface area contributed by atoms with E-state index in [1.807, 2.05) is 13.0 Å². The van der Waals surface area contributed by atoms with Crippen LogP contribution in [0.1, 0.15) is 23.7 Å². The molecule has 0 unspecified atom stereocenters. The van der Waals surface area contributed by atoms with Crippen molar-refractivity contribution in [1.82, 2.24) is 9.55 Å². The molecule has 0 amide bonds. The second kappa shape index (κ2) is 7.97. The van der Waals surface area contributed by atoms with Gasteiger partial charge >= 0.3 is 0 Å². The third kappa shape index (κ3) is 3.66. The number of ketones is 1. The molecule has 1 aliphatic heterocycles. The lowest BCUT2D eigenvalue weighted by Crippen LogP contribution is -2.23. The molecule has 4 rings (SSSR count). The minimum atomic E-state index is -0.0915. The van der Waals surface area contributed by atoms with Crippen LogP contribution in [-0.4, -0.2) is 27.9 Å². The summed E-state index contributed by atoms with van der Waals surface area (Å²) in [5, 5.41) is 1.12. The molecular weight excluding hydrogens is 444 g/mol. The maximum atomic E-state index is 12.9. The summed E-state index contributed by atoms with van der Waals surface area (Å²) in [7, 11) is 0. The molecule has 2 aromatic carbocycles. The van der Waals surface area contributed by atoms with Crippen LogP contribution in [0.15, 0.2) is 50.8 Å². The smallest absolute Gasteiger partial charge is 0.262 e. The van der Waals surface area contributed by atoms with Gasteiger partial charge < -0.3 is 9.47 Å². The molecule has 6 nitrogen and oxygen atoms in total. The van der Waals surface area contributed by atoms with E-state index in [1.165, 1.54) is 11.8 Å². The Hall–Kier alpha value is -2.32. The third-order valence-electron chi connectivity index (χ3n) is 4.36. The van der Waals surface area contributed by atoms with Gasteiger partial charge in [0, 0.05) is 16.6 Å². The Kier molecular flexibility index (Phi) is 5.41. The lowest BCUT2D eigenvalue weighted by atomic mass is 10.1. The molecule has 0 aliphatic carbocycles. The van der Waals surface area contributed by atoms with Gasteiger partial charge in [0.15, 0.2) is 22.4 Å². The van der Waals surface area contributed by atoms with E-state index in [2.05, 4.69) is 20.9 Å². The number of carbonyl (C=O) groups excluding carboxylic acids is 1. The highest BCUT2D eigenvalue weighted by Crippen LogP contribution is 2.33. The molecule has 0 fully saturated rings. The Labute approximate surface area is 174 Å². The zero-order valence-electron chi connectivity index (χ0n) is 15.1. The van der Waals surface area contributed by atoms with Gasteiger partial charge in [-0.1, -0.05) is 34.6 Å². The fraction of sp³-hybridized carbons (Fsp3) is 0.250. The first kappa shape index (κ1) is 19.0. The van der Waals surface area contributed by atoms with E-state index in [0.717, 1.165) is 10.9 Å². The minimum Gasteiger partial charge on any atom is -0.454 e. The first-order chi connectivity index (χ1) is 13.6. The standard InChI is InChI=1S/C20H17BrN2O4S/c1-2-7-23-19(25)14-9-13(21)4-5-15(14)22-20(23)28-10-16(24)12-3-6-17-18(8-12)27-11-26-17/h3-6,8-9H,2,7,10-11H2,1H3. The molecular formula is C20H17BrN2O4S. The van der Waals surface area contributed by atoms with Gasteiger partial charge in [0.05, 0.1) is 16.7 Å². The summed E-state index contributed by atoms with van der Waals surface area (Å²) in [5.74, 6) is 1.34. The highest BCUT2D eigenvalue weighted by Gasteiger charge is 2.18. The number of halogens is 1. The molecule has 0 N–H and O–H groups in total. The number of carbonyl (C=O) groups is 1. The van der Waals surface area contributed by atoms with Crippen LogP contribution in [0.3, 0.4) is 0 Å². The molecule has 0 radical (unpaired) electrons. The fourth-order valence-electron chi connectivity index (χ4n) is 2.99. The average molecular weight is 461 g/mol. The molecule has 0 saturated heterocycles. The zero-order valence-corrected chi connectivity index (χ0v) is 17.5. The number of benzene rings is 2. The molecule has 0 spiro atoms. The van der Waals surface area contributed by atoms with Crippen molar-refractivity contribution in [1.29, 1.82) is 0 Å². The SMILES string of the molecule is CCCn1c(SCC(=O)c2ccc3c(c2)OCO3)nc2ccc(Br)cc2c1=O. The molecule has 3 aromatic rings. The number of rotatable bonds is 6. The van der Waals surface area contributed by atoms with Crippen molar-refractivity contribution in [3.8, 4) is 11.5 Å². The lowest BCUT2D eigenvalue weighted by molar-refractivity contribution is 0.102. The van der Waals surface area contributed by atoms with Crippen LogP contribution in [0.2, 0.25) is 0 Å². The van der Waals surface area contributed by atoms with Gasteiger partial charge in [-0.25, -0.2) is 4.98 Å². The average Bonchev–Trinajstić information content (AvgIpc) is 3.17. The Morgan fingerprint density at radius 3 is 2.86 bits per heavy atom. The minimum absolute atomic E-state index is 0.0588. The fourth-order valence-corrected chi connectivity index (χ4v) is 4.27. The number of Topliss-reactive ketones (excluding diaryl/α,β-unsaturated/α-hetero) is 1. The van der Waals surface area contributed by atoms with E-state index in [4.69, 9.17) is 9.47 Å². The Morgan fingerprint density at radius 1 is 1.21 bits per heavy atom. The largest absolute Gasteiger partial charge is 0.454 e. The van der Waals surface area contributed by atoms with Crippen LogP contribution in [0, 0.1) is 0 Å². The molecule has 0 bridgehead atoms. The van der Waals surface area contributed by atoms with Crippen LogP contribution in [-0.2, 0) is 6.54 Å². The van der Waals surface area contributed by atoms with E-state index in [0.29, 0.717) is 39.7 Å². The van der Waals surface area contributed by atoms with Gasteiger partial charge in [0.2, 0.25) is 6.79 Å². The van der Waals surface area contributed by atoms with E-state index in [1.54, 1.807) is 34.9 Å². The summed E-state index contributed by atoms with van der Waals surface area (Å²) in [6.07, 6.45) is 0.796. The van der Waals surface area contributed by atoms with Crippen molar-refractivity contribution in [2.24, 2.45) is 0 Å². The molecule has 1 aromatic heterocycles. The molecule has 8 heteroatoms. The Morgan fingerprint density at radius 2 is 2.04 bits per heavy atom. The maximum Gasteiger partial charge on any atom is 0.262 e. The maximum absolute atomic E-state index is 12.9. The highest BCUT2D eigenvalue weighted by atomic mass is 79.9. The summed E-state index contributed by atoms with van der Waals surface area (Å²) in [4.78, 5) is 30.2. The highest BCUT2D eigenvalue weighted by molar-refractivity contribution is 9.10. The second-order valence-electron chi connectivity index (χ2n) is 6.29. The van der Waals surface area contributed by atoms with Gasteiger partial charge in [-0.2, -0.15) is 0 Å². The number of hydrogen-bond acceptors (Lipinski definition) is 6. The number of ether oxygens (including phenoxy) is 2. The van der Waals surface area contributed by atoms with E-state index in [9.17, 15) is 9.59 Å². The van der Waals surface area contributed by atoms with E-state index < -0.39 is 0 Å². The first-order valence-electron chi connectivity index (χ1n) is 8.82. The molecule has 1 aliphatic rings. The first-order valence-corrected chi connectivity index (χ1v) is 10.6. The number of hydrogen-bond donors (Lipinski definition) is 0. The van der Waals surface area contributed by atoms with Crippen molar-refractivity contribution in [2.75, 3.05) is 12.5 Å². The Bertz CT molecular complexity index is 1130. The number of fused-ring (bicyclic) bond motifs is 2. The summed E-state index contributed by atoms with van der Waals surface area (Å²) in [6.45, 7) is 2.72. The summed E-state index contributed by atoms with van der Waals surface area (Å²) in [6, 6.07) is 10.6. The second-order valence-corrected chi connectivity index (χ2v) is 8.15. The lowest BCUT2D eigenvalue weighted by Gasteiger charge is -2.12. The number of nitrogens with zero attached hydrogens (tertiary/aromatic N) is 2. The normalized spacial score (nSPS) is 12.5. The Balaban J connectivity index is 1.62. The zero-order chi connectivity index (χ0) is 19.7. The molecule has 144 valence electrons. The van der Waals surface area contributed by atoms with Gasteiger partial charge in [-0.05, 0) is 42.8 Å². The number of aromatic nitrogens is 2. The van der Waals surface area contributed by atoms with Gasteiger partial charge in [0.25, 0.3) is 5.56 Å². The van der Waals surface area contributed by atoms with Gasteiger partial charge in [-0.3, -0.25) is 14.2 Å². The van der Waals surface area contributed by atoms with Crippen molar-refractivity contribution in [3.63, 3.8) is 0 Å². The van der Waals surface area contributed by atoms with Gasteiger partial charge in [-0.15, -0.1) is 0 Å². The van der Waals surface area contributed by atoms with E-state index >= 15 is 0 Å². The molecule has 2 heterocycles. The molecule has 28 heavy (non-hydrogen) atoms. The monoisotopic (exact) mass is 460 g/mol. The molecule has 0 saturated carbocycles. The van der Waals surface area contributed by atoms with Crippen LogP contribution in [0.5, 0.6) is 11.5 Å². The third-order valence-corrected chi connectivity index (χ3v) is 5.82. The van der Waals surface area contributed by atoms with Crippen LogP contribution in [0.4, 0.5) is 0 Å². The van der Waals surface area contributed by atoms with Gasteiger partial charge in [0.1, 0.15) is 0 Å². The topological polar surface area (TPSA) is 70.4 Å². The summed E-state index contributed by atoms with van der Waals surface area (Å²) in [5.41, 5.74) is 1.08. The predicted molar refractivity (Wildman–Crippen MR) is 112 cm³/mol. The van der Waals surface area contributed by atoms with Crippen LogP contribution in [0.25, 0.3) is 10.9 Å². The quantitative estimate of drug-likeness (QED) is 0.310. The van der Waals surface area contributed by atoms with Crippen molar-refractivity contribution in [2.45, 2.75) is 25.0 Å². The van der Waals surface area contributed by atoms with Crippen molar-refractivity contribution < 1.29 is 14.3 Å². The summed E-state index contributed by atoms with van der Waals surface area (Å²) < 4.78 is 13.1.